The Morgan fingerprint density at radius 1 is 0.862 bits per heavy atom. The predicted molar refractivity (Wildman–Crippen MR) is 117 cm³/mol. The van der Waals surface area contributed by atoms with Crippen molar-refractivity contribution in [1.82, 2.24) is 9.88 Å². The lowest BCUT2D eigenvalue weighted by Gasteiger charge is -2.08. The molecule has 0 saturated carbocycles. The first-order valence-corrected chi connectivity index (χ1v) is 9.81. The maximum atomic E-state index is 12.3. The summed E-state index contributed by atoms with van der Waals surface area (Å²) in [5.74, 6) is -0.302. The van der Waals surface area contributed by atoms with Crippen molar-refractivity contribution in [3.05, 3.63) is 78.4 Å². The van der Waals surface area contributed by atoms with E-state index in [1.807, 2.05) is 48.5 Å². The molecule has 0 radical (unpaired) electrons. The fourth-order valence-electron chi connectivity index (χ4n) is 3.68. The second kappa shape index (κ2) is 8.19. The van der Waals surface area contributed by atoms with Gasteiger partial charge in [-0.25, -0.2) is 0 Å². The molecule has 2 N–H and O–H groups in total. The summed E-state index contributed by atoms with van der Waals surface area (Å²) < 4.78 is 2.27. The van der Waals surface area contributed by atoms with Crippen molar-refractivity contribution >= 4 is 39.3 Å². The molecule has 0 aliphatic carbocycles. The second-order valence-electron chi connectivity index (χ2n) is 6.91. The molecule has 4 aromatic rings. The summed E-state index contributed by atoms with van der Waals surface area (Å²) in [4.78, 5) is 24.4. The average Bonchev–Trinajstić information content (AvgIpc) is 3.07. The van der Waals surface area contributed by atoms with Gasteiger partial charge in [-0.15, -0.1) is 0 Å². The maximum absolute atomic E-state index is 12.3. The molecule has 0 aliphatic heterocycles. The summed E-state index contributed by atoms with van der Waals surface area (Å²) in [6, 6.07) is 23.3. The van der Waals surface area contributed by atoms with Gasteiger partial charge in [-0.05, 0) is 43.3 Å². The maximum Gasteiger partial charge on any atom is 0.251 e. The molecule has 0 fully saturated rings. The number of carbonyl (C=O) groups excluding carboxylic acids is 2. The number of rotatable bonds is 6. The van der Waals surface area contributed by atoms with Gasteiger partial charge in [0, 0.05) is 52.6 Å². The molecule has 1 heterocycles. The van der Waals surface area contributed by atoms with Crippen LogP contribution in [0, 0.1) is 0 Å². The molecule has 5 nitrogen and oxygen atoms in total. The summed E-state index contributed by atoms with van der Waals surface area (Å²) in [6.45, 7) is 3.30. The number of aromatic nitrogens is 1. The number of nitrogens with one attached hydrogen (secondary N) is 2. The van der Waals surface area contributed by atoms with E-state index in [1.54, 1.807) is 12.1 Å². The molecule has 5 heteroatoms. The molecule has 146 valence electrons. The van der Waals surface area contributed by atoms with Crippen LogP contribution in [0.4, 0.5) is 5.69 Å². The lowest BCUT2D eigenvalue weighted by atomic mass is 10.1. The zero-order valence-corrected chi connectivity index (χ0v) is 16.3. The van der Waals surface area contributed by atoms with Crippen molar-refractivity contribution in [2.75, 3.05) is 11.9 Å². The van der Waals surface area contributed by atoms with Crippen LogP contribution in [0.5, 0.6) is 0 Å². The van der Waals surface area contributed by atoms with Crippen molar-refractivity contribution in [2.45, 2.75) is 19.9 Å². The van der Waals surface area contributed by atoms with Gasteiger partial charge in [0.25, 0.3) is 5.91 Å². The number of nitrogens with zero attached hydrogens (tertiary/aromatic N) is 1. The minimum absolute atomic E-state index is 0.128. The Kier molecular flexibility index (Phi) is 5.29. The minimum Gasteiger partial charge on any atom is -0.352 e. The number of para-hydroxylation sites is 1. The highest BCUT2D eigenvalue weighted by molar-refractivity contribution is 6.09. The lowest BCUT2D eigenvalue weighted by molar-refractivity contribution is -0.116. The molecule has 3 aromatic carbocycles. The van der Waals surface area contributed by atoms with Crippen LogP contribution in [0.25, 0.3) is 21.8 Å². The van der Waals surface area contributed by atoms with Gasteiger partial charge in [-0.1, -0.05) is 36.4 Å². The SMILES string of the molecule is CCn1c2ccccc2c2cc(NC(=O)CCNC(=O)c3ccccc3)ccc21. The second-order valence-corrected chi connectivity index (χ2v) is 6.91. The fraction of sp³-hybridized carbons (Fsp3) is 0.167. The standard InChI is InChI=1S/C24H23N3O2/c1-2-27-21-11-7-6-10-19(21)20-16-18(12-13-22(20)27)26-23(28)14-15-25-24(29)17-8-4-3-5-9-17/h3-13,16H,2,14-15H2,1H3,(H,25,29)(H,26,28). The smallest absolute Gasteiger partial charge is 0.251 e. The van der Waals surface area contributed by atoms with E-state index in [0.717, 1.165) is 23.1 Å². The van der Waals surface area contributed by atoms with E-state index < -0.39 is 0 Å². The average molecular weight is 385 g/mol. The number of hydrogen-bond donors (Lipinski definition) is 2. The molecule has 0 bridgehead atoms. The highest BCUT2D eigenvalue weighted by Gasteiger charge is 2.11. The Hall–Kier alpha value is -3.60. The third kappa shape index (κ3) is 3.85. The Bertz CT molecular complexity index is 1180. The molecule has 4 rings (SSSR count). The van der Waals surface area contributed by atoms with E-state index in [0.29, 0.717) is 5.56 Å². The lowest BCUT2D eigenvalue weighted by Crippen LogP contribution is -2.27. The van der Waals surface area contributed by atoms with Crippen molar-refractivity contribution in [3.8, 4) is 0 Å². The summed E-state index contributed by atoms with van der Waals surface area (Å²) in [5.41, 5.74) is 3.69. The Balaban J connectivity index is 1.43. The van der Waals surface area contributed by atoms with E-state index in [-0.39, 0.29) is 24.8 Å². The van der Waals surface area contributed by atoms with Gasteiger partial charge >= 0.3 is 0 Å². The van der Waals surface area contributed by atoms with Crippen molar-refractivity contribution in [1.29, 1.82) is 0 Å². The predicted octanol–water partition coefficient (Wildman–Crippen LogP) is 4.57. The first-order chi connectivity index (χ1) is 14.2. The van der Waals surface area contributed by atoms with Crippen molar-refractivity contribution in [2.24, 2.45) is 0 Å². The van der Waals surface area contributed by atoms with Gasteiger partial charge in [-0.3, -0.25) is 9.59 Å². The largest absolute Gasteiger partial charge is 0.352 e. The molecule has 2 amide bonds. The van der Waals surface area contributed by atoms with Crippen LogP contribution >= 0.6 is 0 Å². The van der Waals surface area contributed by atoms with Crippen LogP contribution in [0.15, 0.2) is 72.8 Å². The Morgan fingerprint density at radius 3 is 2.38 bits per heavy atom. The van der Waals surface area contributed by atoms with Crippen LogP contribution in [0.3, 0.4) is 0 Å². The third-order valence-corrected chi connectivity index (χ3v) is 5.05. The summed E-state index contributed by atoms with van der Waals surface area (Å²) in [7, 11) is 0. The number of aryl methyl sites for hydroxylation is 1. The number of benzene rings is 3. The fourth-order valence-corrected chi connectivity index (χ4v) is 3.68. The van der Waals surface area contributed by atoms with E-state index in [2.05, 4.69) is 34.3 Å². The number of hydrogen-bond acceptors (Lipinski definition) is 2. The summed E-state index contributed by atoms with van der Waals surface area (Å²) in [6.07, 6.45) is 0.216. The molecule has 0 aliphatic rings. The molecule has 0 unspecified atom stereocenters. The molecule has 0 saturated heterocycles. The summed E-state index contributed by atoms with van der Waals surface area (Å²) in [5, 5.41) is 8.02. The van der Waals surface area contributed by atoms with Gasteiger partial charge in [0.2, 0.25) is 5.91 Å². The van der Waals surface area contributed by atoms with Crippen LogP contribution < -0.4 is 10.6 Å². The van der Waals surface area contributed by atoms with Gasteiger partial charge < -0.3 is 15.2 Å². The highest BCUT2D eigenvalue weighted by atomic mass is 16.2. The first kappa shape index (κ1) is 18.7. The minimum atomic E-state index is -0.174. The van der Waals surface area contributed by atoms with Crippen LogP contribution in [0.1, 0.15) is 23.7 Å². The molecule has 1 aromatic heterocycles. The van der Waals surface area contributed by atoms with E-state index in [4.69, 9.17) is 0 Å². The quantitative estimate of drug-likeness (QED) is 0.511. The zero-order chi connectivity index (χ0) is 20.2. The number of amides is 2. The van der Waals surface area contributed by atoms with Crippen molar-refractivity contribution in [3.63, 3.8) is 0 Å². The Morgan fingerprint density at radius 2 is 1.59 bits per heavy atom. The van der Waals surface area contributed by atoms with Gasteiger partial charge in [0.1, 0.15) is 0 Å². The van der Waals surface area contributed by atoms with Crippen LogP contribution in [-0.4, -0.2) is 22.9 Å². The third-order valence-electron chi connectivity index (χ3n) is 5.05. The monoisotopic (exact) mass is 385 g/mol. The van der Waals surface area contributed by atoms with Gasteiger partial charge in [0.05, 0.1) is 0 Å². The number of fused-ring (bicyclic) bond motifs is 3. The van der Waals surface area contributed by atoms with Crippen molar-refractivity contribution < 1.29 is 9.59 Å². The van der Waals surface area contributed by atoms with E-state index in [9.17, 15) is 9.59 Å². The van der Waals surface area contributed by atoms with E-state index in [1.165, 1.54) is 10.9 Å². The zero-order valence-electron chi connectivity index (χ0n) is 16.3. The number of carbonyl (C=O) groups is 2. The topological polar surface area (TPSA) is 63.1 Å². The molecular weight excluding hydrogens is 362 g/mol. The first-order valence-electron chi connectivity index (χ1n) is 9.81. The molecule has 0 spiro atoms. The van der Waals surface area contributed by atoms with Crippen LogP contribution in [0.2, 0.25) is 0 Å². The van der Waals surface area contributed by atoms with E-state index >= 15 is 0 Å². The number of anilines is 1. The molecule has 0 atom stereocenters. The Labute approximate surface area is 169 Å². The van der Waals surface area contributed by atoms with Crippen LogP contribution in [-0.2, 0) is 11.3 Å². The summed E-state index contributed by atoms with van der Waals surface area (Å²) >= 11 is 0. The van der Waals surface area contributed by atoms with Gasteiger partial charge in [0.15, 0.2) is 0 Å². The normalized spacial score (nSPS) is 10.9. The molecule has 29 heavy (non-hydrogen) atoms. The van der Waals surface area contributed by atoms with Gasteiger partial charge in [-0.2, -0.15) is 0 Å². The molecular formula is C24H23N3O2. The highest BCUT2D eigenvalue weighted by Crippen LogP contribution is 2.30.